The Kier molecular flexibility index (Phi) is 4.08. The lowest BCUT2D eigenvalue weighted by molar-refractivity contribution is 0.102. The highest BCUT2D eigenvalue weighted by atomic mass is 35.5. The second kappa shape index (κ2) is 6.15. The van der Waals surface area contributed by atoms with Crippen molar-refractivity contribution >= 4 is 29.0 Å². The molecule has 0 spiro atoms. The van der Waals surface area contributed by atoms with E-state index in [-0.39, 0.29) is 11.1 Å². The van der Waals surface area contributed by atoms with Crippen molar-refractivity contribution in [2.45, 2.75) is 0 Å². The number of pyridine rings is 1. The van der Waals surface area contributed by atoms with Crippen molar-refractivity contribution in [2.24, 2.45) is 0 Å². The molecule has 1 aliphatic rings. The Bertz CT molecular complexity index is 621. The van der Waals surface area contributed by atoms with Crippen LogP contribution < -0.4 is 10.2 Å². The Labute approximate surface area is 126 Å². The third kappa shape index (κ3) is 3.17. The zero-order valence-electron chi connectivity index (χ0n) is 11.2. The van der Waals surface area contributed by atoms with Crippen molar-refractivity contribution in [3.63, 3.8) is 0 Å². The molecule has 0 bridgehead atoms. The molecule has 7 heteroatoms. The number of amides is 1. The zero-order chi connectivity index (χ0) is 14.7. The summed E-state index contributed by atoms with van der Waals surface area (Å²) in [6, 6.07) is 5.20. The van der Waals surface area contributed by atoms with Crippen LogP contribution in [0.4, 0.5) is 11.5 Å². The molecule has 1 N–H and O–H groups in total. The second-order valence-electron chi connectivity index (χ2n) is 4.57. The molecule has 0 atom stereocenters. The summed E-state index contributed by atoms with van der Waals surface area (Å²) in [6.07, 6.45) is 2.99. The molecule has 0 saturated carbocycles. The first-order chi connectivity index (χ1) is 10.2. The number of nitrogens with one attached hydrogen (secondary N) is 1. The van der Waals surface area contributed by atoms with Gasteiger partial charge in [-0.25, -0.2) is 4.98 Å². The molecule has 110 valence electrons. The maximum atomic E-state index is 12.0. The topological polar surface area (TPSA) is 67.6 Å². The third-order valence-electron chi connectivity index (χ3n) is 3.20. The molecule has 2 aromatic heterocycles. The van der Waals surface area contributed by atoms with E-state index in [1.807, 2.05) is 12.1 Å². The number of hydrogen-bond acceptors (Lipinski definition) is 5. The van der Waals surface area contributed by atoms with Crippen molar-refractivity contribution < 1.29 is 13.9 Å². The molecule has 0 radical (unpaired) electrons. The summed E-state index contributed by atoms with van der Waals surface area (Å²) in [5.74, 6) is 0.548. The predicted molar refractivity (Wildman–Crippen MR) is 78.9 cm³/mol. The lowest BCUT2D eigenvalue weighted by atomic mass is 10.3. The van der Waals surface area contributed by atoms with E-state index in [4.69, 9.17) is 20.8 Å². The number of halogens is 1. The fourth-order valence-electron chi connectivity index (χ4n) is 2.09. The molecule has 2 aromatic rings. The first kappa shape index (κ1) is 13.9. The van der Waals surface area contributed by atoms with Gasteiger partial charge in [0.15, 0.2) is 0 Å². The number of nitrogens with zero attached hydrogens (tertiary/aromatic N) is 2. The van der Waals surface area contributed by atoms with Gasteiger partial charge in [0.25, 0.3) is 5.91 Å². The van der Waals surface area contributed by atoms with Crippen molar-refractivity contribution in [3.8, 4) is 0 Å². The van der Waals surface area contributed by atoms with Gasteiger partial charge in [0.1, 0.15) is 5.82 Å². The van der Waals surface area contributed by atoms with E-state index in [1.165, 1.54) is 12.3 Å². The summed E-state index contributed by atoms with van der Waals surface area (Å²) in [5, 5.41) is 2.80. The summed E-state index contributed by atoms with van der Waals surface area (Å²) < 4.78 is 10.2. The van der Waals surface area contributed by atoms with Crippen LogP contribution in [0, 0.1) is 0 Å². The molecular formula is C14H14ClN3O3. The Hall–Kier alpha value is -2.05. The van der Waals surface area contributed by atoms with E-state index in [1.54, 1.807) is 6.20 Å². The number of rotatable bonds is 3. The van der Waals surface area contributed by atoms with E-state index in [0.29, 0.717) is 24.5 Å². The highest BCUT2D eigenvalue weighted by Crippen LogP contribution is 2.19. The van der Waals surface area contributed by atoms with Gasteiger partial charge in [0, 0.05) is 13.1 Å². The molecule has 6 nitrogen and oxygen atoms in total. The first-order valence-electron chi connectivity index (χ1n) is 6.57. The molecule has 21 heavy (non-hydrogen) atoms. The molecule has 3 rings (SSSR count). The minimum atomic E-state index is -0.324. The van der Waals surface area contributed by atoms with E-state index in [0.717, 1.165) is 18.9 Å². The Morgan fingerprint density at radius 3 is 2.71 bits per heavy atom. The summed E-state index contributed by atoms with van der Waals surface area (Å²) in [7, 11) is 0. The van der Waals surface area contributed by atoms with Crippen LogP contribution in [0.25, 0.3) is 0 Å². The number of anilines is 2. The number of carbonyl (C=O) groups is 1. The molecule has 3 heterocycles. The lowest BCUT2D eigenvalue weighted by Crippen LogP contribution is -2.36. The van der Waals surface area contributed by atoms with Gasteiger partial charge in [-0.1, -0.05) is 0 Å². The number of carbonyl (C=O) groups excluding carboxylic acids is 1. The maximum Gasteiger partial charge on any atom is 0.260 e. The predicted octanol–water partition coefficient (Wildman–Crippen LogP) is 2.42. The summed E-state index contributed by atoms with van der Waals surface area (Å²) in [6.45, 7) is 3.06. The van der Waals surface area contributed by atoms with Gasteiger partial charge >= 0.3 is 0 Å². The Balaban J connectivity index is 1.67. The van der Waals surface area contributed by atoms with Crippen LogP contribution in [0.1, 0.15) is 10.4 Å². The van der Waals surface area contributed by atoms with E-state index in [9.17, 15) is 4.79 Å². The number of aromatic nitrogens is 1. The first-order valence-corrected chi connectivity index (χ1v) is 6.95. The van der Waals surface area contributed by atoms with Crippen molar-refractivity contribution in [1.82, 2.24) is 4.98 Å². The highest BCUT2D eigenvalue weighted by Gasteiger charge is 2.15. The Morgan fingerprint density at radius 2 is 2.10 bits per heavy atom. The number of ether oxygens (including phenoxy) is 1. The molecule has 1 saturated heterocycles. The van der Waals surface area contributed by atoms with Gasteiger partial charge in [0.05, 0.1) is 36.9 Å². The van der Waals surface area contributed by atoms with Crippen LogP contribution in [0.15, 0.2) is 35.1 Å². The summed E-state index contributed by atoms with van der Waals surface area (Å²) in [5.41, 5.74) is 0.906. The molecule has 1 fully saturated rings. The van der Waals surface area contributed by atoms with Gasteiger partial charge in [-0.2, -0.15) is 0 Å². The minimum absolute atomic E-state index is 0.0744. The van der Waals surface area contributed by atoms with E-state index in [2.05, 4.69) is 15.2 Å². The van der Waals surface area contributed by atoms with Gasteiger partial charge < -0.3 is 19.4 Å². The maximum absolute atomic E-state index is 12.0. The largest absolute Gasteiger partial charge is 0.452 e. The lowest BCUT2D eigenvalue weighted by Gasteiger charge is -2.27. The standard InChI is InChI=1S/C14H14ClN3O3/c15-13-11(3-6-21-13)14(19)17-10-1-2-12(16-9-10)18-4-7-20-8-5-18/h1-3,6,9H,4-5,7-8H2,(H,17,19). The fourth-order valence-corrected chi connectivity index (χ4v) is 2.29. The number of hydrogen-bond donors (Lipinski definition) is 1. The third-order valence-corrected chi connectivity index (χ3v) is 3.50. The number of morpholine rings is 1. The molecule has 1 aliphatic heterocycles. The fraction of sp³-hybridized carbons (Fsp3) is 0.286. The van der Waals surface area contributed by atoms with Crippen LogP contribution >= 0.6 is 11.6 Å². The van der Waals surface area contributed by atoms with Crippen molar-refractivity contribution in [3.05, 3.63) is 41.4 Å². The normalized spacial score (nSPS) is 15.0. The zero-order valence-corrected chi connectivity index (χ0v) is 12.0. The average Bonchev–Trinajstić information content (AvgIpc) is 2.95. The molecular weight excluding hydrogens is 294 g/mol. The summed E-state index contributed by atoms with van der Waals surface area (Å²) >= 11 is 5.77. The van der Waals surface area contributed by atoms with Gasteiger partial charge in [-0.05, 0) is 29.8 Å². The van der Waals surface area contributed by atoms with Crippen LogP contribution in [-0.2, 0) is 4.74 Å². The minimum Gasteiger partial charge on any atom is -0.452 e. The van der Waals surface area contributed by atoms with Gasteiger partial charge in [-0.15, -0.1) is 0 Å². The van der Waals surface area contributed by atoms with E-state index < -0.39 is 0 Å². The number of furan rings is 1. The average molecular weight is 308 g/mol. The van der Waals surface area contributed by atoms with Crippen LogP contribution in [0.3, 0.4) is 0 Å². The molecule has 1 amide bonds. The molecule has 0 aliphatic carbocycles. The second-order valence-corrected chi connectivity index (χ2v) is 4.91. The quantitative estimate of drug-likeness (QED) is 0.943. The van der Waals surface area contributed by atoms with Crippen LogP contribution in [-0.4, -0.2) is 37.2 Å². The van der Waals surface area contributed by atoms with Crippen molar-refractivity contribution in [1.29, 1.82) is 0 Å². The molecule has 0 unspecified atom stereocenters. The Morgan fingerprint density at radius 1 is 1.29 bits per heavy atom. The summed E-state index contributed by atoms with van der Waals surface area (Å²) in [4.78, 5) is 18.5. The van der Waals surface area contributed by atoms with Crippen molar-refractivity contribution in [2.75, 3.05) is 36.5 Å². The molecule has 0 aromatic carbocycles. The van der Waals surface area contributed by atoms with Crippen LogP contribution in [0.2, 0.25) is 5.22 Å². The highest BCUT2D eigenvalue weighted by molar-refractivity contribution is 6.32. The van der Waals surface area contributed by atoms with E-state index >= 15 is 0 Å². The van der Waals surface area contributed by atoms with Gasteiger partial charge in [0.2, 0.25) is 5.22 Å². The monoisotopic (exact) mass is 307 g/mol. The van der Waals surface area contributed by atoms with Crippen LogP contribution in [0.5, 0.6) is 0 Å². The van der Waals surface area contributed by atoms with Gasteiger partial charge in [-0.3, -0.25) is 4.79 Å². The SMILES string of the molecule is O=C(Nc1ccc(N2CCOCC2)nc1)c1ccoc1Cl. The smallest absolute Gasteiger partial charge is 0.260 e.